The molecule has 2 heterocycles. The highest BCUT2D eigenvalue weighted by atomic mass is 19.1. The Balaban J connectivity index is 1.56. The lowest BCUT2D eigenvalue weighted by Gasteiger charge is -2.14. The van der Waals surface area contributed by atoms with E-state index in [0.29, 0.717) is 5.69 Å². The van der Waals surface area contributed by atoms with Crippen LogP contribution in [0.4, 0.5) is 10.1 Å². The highest BCUT2D eigenvalue weighted by Gasteiger charge is 2.22. The topological polar surface area (TPSA) is 121 Å². The number of carbonyl (C=O) groups is 1. The molecule has 10 nitrogen and oxygen atoms in total. The number of nitrogens with one attached hydrogen (secondary N) is 1. The highest BCUT2D eigenvalue weighted by molar-refractivity contribution is 5.95. The Morgan fingerprint density at radius 3 is 2.59 bits per heavy atom. The molecule has 32 heavy (non-hydrogen) atoms. The Kier molecular flexibility index (Phi) is 5.46. The van der Waals surface area contributed by atoms with Crippen molar-refractivity contribution in [2.75, 3.05) is 0 Å². The van der Waals surface area contributed by atoms with Crippen LogP contribution < -0.4 is 5.32 Å². The number of aromatic nitrogens is 5. The molecule has 0 radical (unpaired) electrons. The molecule has 0 bridgehead atoms. The molecule has 0 aliphatic rings. The summed E-state index contributed by atoms with van der Waals surface area (Å²) >= 11 is 0. The van der Waals surface area contributed by atoms with Gasteiger partial charge in [-0.15, -0.1) is 0 Å². The molecule has 2 aromatic heterocycles. The minimum Gasteiger partial charge on any atom is -0.345 e. The van der Waals surface area contributed by atoms with Gasteiger partial charge < -0.3 is 5.32 Å². The highest BCUT2D eigenvalue weighted by Crippen LogP contribution is 2.25. The van der Waals surface area contributed by atoms with Gasteiger partial charge in [-0.1, -0.05) is 0 Å². The lowest BCUT2D eigenvalue weighted by Crippen LogP contribution is -2.27. The number of nitro groups is 1. The summed E-state index contributed by atoms with van der Waals surface area (Å²) < 4.78 is 16.1. The van der Waals surface area contributed by atoms with Gasteiger partial charge in [0.15, 0.2) is 0 Å². The quantitative estimate of drug-likeness (QED) is 0.366. The van der Waals surface area contributed by atoms with Crippen molar-refractivity contribution in [3.8, 4) is 11.4 Å². The Morgan fingerprint density at radius 1 is 1.19 bits per heavy atom. The second kappa shape index (κ2) is 8.38. The van der Waals surface area contributed by atoms with Crippen molar-refractivity contribution in [1.82, 2.24) is 29.9 Å². The van der Waals surface area contributed by atoms with Crippen LogP contribution in [0.3, 0.4) is 0 Å². The number of nitrogens with zero attached hydrogens (tertiary/aromatic N) is 6. The first-order valence-corrected chi connectivity index (χ1v) is 9.60. The Labute approximate surface area is 181 Å². The number of hydrogen-bond donors (Lipinski definition) is 1. The maximum atomic E-state index is 13.2. The van der Waals surface area contributed by atoms with Gasteiger partial charge in [0.1, 0.15) is 24.2 Å². The number of carbonyl (C=O) groups excluding carboxylic acids is 1. The molecule has 0 saturated heterocycles. The lowest BCUT2D eigenvalue weighted by molar-refractivity contribution is -0.384. The van der Waals surface area contributed by atoms with Crippen molar-refractivity contribution in [3.63, 3.8) is 0 Å². The molecule has 4 rings (SSSR count). The van der Waals surface area contributed by atoms with E-state index < -0.39 is 16.9 Å². The zero-order valence-corrected chi connectivity index (χ0v) is 17.1. The number of amides is 1. The first-order chi connectivity index (χ1) is 15.3. The predicted octanol–water partition coefficient (Wildman–Crippen LogP) is 3.30. The molecule has 0 saturated carbocycles. The monoisotopic (exact) mass is 435 g/mol. The van der Waals surface area contributed by atoms with E-state index in [0.717, 1.165) is 11.3 Å². The average Bonchev–Trinajstić information content (AvgIpc) is 3.44. The van der Waals surface area contributed by atoms with Crippen LogP contribution in [0.5, 0.6) is 0 Å². The molecule has 0 unspecified atom stereocenters. The van der Waals surface area contributed by atoms with Gasteiger partial charge in [-0.25, -0.2) is 18.7 Å². The maximum Gasteiger partial charge on any atom is 0.295 e. The molecular formula is C21H18FN7O3. The Hall–Kier alpha value is -4.41. The van der Waals surface area contributed by atoms with Crippen LogP contribution in [0.2, 0.25) is 0 Å². The number of rotatable bonds is 6. The Morgan fingerprint density at radius 2 is 1.94 bits per heavy atom. The molecule has 0 fully saturated rings. The molecule has 0 aliphatic heterocycles. The first kappa shape index (κ1) is 20.8. The van der Waals surface area contributed by atoms with E-state index in [1.165, 1.54) is 47.7 Å². The molecule has 11 heteroatoms. The van der Waals surface area contributed by atoms with Crippen LogP contribution >= 0.6 is 0 Å². The third-order valence-corrected chi connectivity index (χ3v) is 5.03. The molecule has 4 aromatic rings. The van der Waals surface area contributed by atoms with E-state index in [2.05, 4.69) is 20.5 Å². The molecule has 1 N–H and O–H groups in total. The summed E-state index contributed by atoms with van der Waals surface area (Å²) in [6.07, 6.45) is 4.23. The standard InChI is InChI=1S/C21H18FN7O3/c1-13(18-10-24-28(14(18)2)17-6-4-16(22)5-7-17)26-21(30)15-3-8-19(20(9-15)29(31)32)27-12-23-11-25-27/h3-13H,1-2H3,(H,26,30)/t13-/m0/s1. The molecule has 1 atom stereocenters. The number of benzene rings is 2. The summed E-state index contributed by atoms with van der Waals surface area (Å²) in [5.74, 6) is -0.817. The predicted molar refractivity (Wildman–Crippen MR) is 112 cm³/mol. The fourth-order valence-electron chi connectivity index (χ4n) is 3.38. The van der Waals surface area contributed by atoms with Gasteiger partial charge in [0, 0.05) is 22.9 Å². The third-order valence-electron chi connectivity index (χ3n) is 5.03. The van der Waals surface area contributed by atoms with Crippen molar-refractivity contribution < 1.29 is 14.1 Å². The van der Waals surface area contributed by atoms with E-state index in [1.54, 1.807) is 29.9 Å². The summed E-state index contributed by atoms with van der Waals surface area (Å²) in [6.45, 7) is 3.63. The van der Waals surface area contributed by atoms with Crippen molar-refractivity contribution in [3.05, 3.63) is 94.1 Å². The van der Waals surface area contributed by atoms with E-state index in [1.807, 2.05) is 6.92 Å². The molecular weight excluding hydrogens is 417 g/mol. The van der Waals surface area contributed by atoms with Crippen LogP contribution in [0.1, 0.15) is 34.6 Å². The molecule has 2 aromatic carbocycles. The fraction of sp³-hybridized carbons (Fsp3) is 0.143. The largest absolute Gasteiger partial charge is 0.345 e. The van der Waals surface area contributed by atoms with Gasteiger partial charge >= 0.3 is 0 Å². The minimum absolute atomic E-state index is 0.135. The van der Waals surface area contributed by atoms with Gasteiger partial charge in [0.05, 0.1) is 22.8 Å². The van der Waals surface area contributed by atoms with Gasteiger partial charge in [-0.3, -0.25) is 14.9 Å². The van der Waals surface area contributed by atoms with Gasteiger partial charge in [-0.05, 0) is 50.2 Å². The first-order valence-electron chi connectivity index (χ1n) is 9.60. The molecule has 1 amide bonds. The SMILES string of the molecule is Cc1c([C@H](C)NC(=O)c2ccc(-n3cncn3)c([N+](=O)[O-])c2)cnn1-c1ccc(F)cc1. The fourth-order valence-corrected chi connectivity index (χ4v) is 3.38. The second-order valence-electron chi connectivity index (χ2n) is 7.07. The third kappa shape index (κ3) is 3.95. The van der Waals surface area contributed by atoms with Crippen molar-refractivity contribution in [2.24, 2.45) is 0 Å². The van der Waals surface area contributed by atoms with Crippen LogP contribution in [0.15, 0.2) is 61.3 Å². The van der Waals surface area contributed by atoms with Gasteiger partial charge in [0.25, 0.3) is 11.6 Å². The average molecular weight is 435 g/mol. The molecule has 0 spiro atoms. The number of halogens is 1. The maximum absolute atomic E-state index is 13.2. The van der Waals surface area contributed by atoms with Crippen LogP contribution in [0, 0.1) is 22.9 Å². The lowest BCUT2D eigenvalue weighted by atomic mass is 10.1. The van der Waals surface area contributed by atoms with E-state index >= 15 is 0 Å². The van der Waals surface area contributed by atoms with Crippen LogP contribution in [0.25, 0.3) is 11.4 Å². The summed E-state index contributed by atoms with van der Waals surface area (Å²) in [5.41, 5.74) is 2.29. The summed E-state index contributed by atoms with van der Waals surface area (Å²) in [6, 6.07) is 9.62. The second-order valence-corrected chi connectivity index (χ2v) is 7.07. The summed E-state index contributed by atoms with van der Waals surface area (Å²) in [7, 11) is 0. The molecule has 162 valence electrons. The van der Waals surface area contributed by atoms with E-state index in [-0.39, 0.29) is 22.8 Å². The normalized spacial score (nSPS) is 11.8. The summed E-state index contributed by atoms with van der Waals surface area (Å²) in [4.78, 5) is 27.5. The van der Waals surface area contributed by atoms with E-state index in [4.69, 9.17) is 0 Å². The molecule has 0 aliphatic carbocycles. The zero-order chi connectivity index (χ0) is 22.8. The number of nitro benzene ring substituents is 1. The minimum atomic E-state index is -0.575. The van der Waals surface area contributed by atoms with Crippen LogP contribution in [-0.2, 0) is 0 Å². The van der Waals surface area contributed by atoms with E-state index in [9.17, 15) is 19.3 Å². The smallest absolute Gasteiger partial charge is 0.295 e. The van der Waals surface area contributed by atoms with Crippen molar-refractivity contribution in [2.45, 2.75) is 19.9 Å². The van der Waals surface area contributed by atoms with Crippen molar-refractivity contribution >= 4 is 11.6 Å². The zero-order valence-electron chi connectivity index (χ0n) is 17.1. The van der Waals surface area contributed by atoms with Crippen molar-refractivity contribution in [1.29, 1.82) is 0 Å². The van der Waals surface area contributed by atoms with Crippen LogP contribution in [-0.4, -0.2) is 35.4 Å². The number of hydrogen-bond acceptors (Lipinski definition) is 6. The van der Waals surface area contributed by atoms with Gasteiger partial charge in [0.2, 0.25) is 0 Å². The Bertz CT molecular complexity index is 1280. The summed E-state index contributed by atoms with van der Waals surface area (Å²) in [5, 5.41) is 22.6. The van der Waals surface area contributed by atoms with Gasteiger partial charge in [-0.2, -0.15) is 10.2 Å².